The molecule has 1 amide bonds. The van der Waals surface area contributed by atoms with E-state index in [2.05, 4.69) is 25.2 Å². The summed E-state index contributed by atoms with van der Waals surface area (Å²) in [5, 5.41) is 12.6. The van der Waals surface area contributed by atoms with Crippen LogP contribution < -0.4 is 5.32 Å². The van der Waals surface area contributed by atoms with Crippen LogP contribution in [-0.2, 0) is 4.79 Å². The number of nitrogens with zero attached hydrogens (tertiary/aromatic N) is 1. The third-order valence-corrected chi connectivity index (χ3v) is 5.31. The van der Waals surface area contributed by atoms with Crippen LogP contribution in [0.4, 0.5) is 0 Å². The molecule has 0 aliphatic heterocycles. The van der Waals surface area contributed by atoms with Crippen molar-refractivity contribution in [2.45, 2.75) is 70.8 Å². The topological polar surface area (TPSA) is 52.9 Å². The molecular weight excluding hydrogens is 236 g/mol. The minimum atomic E-state index is -0.578. The molecule has 2 rings (SSSR count). The van der Waals surface area contributed by atoms with Crippen LogP contribution in [0.1, 0.15) is 65.2 Å². The minimum Gasteiger partial charge on any atom is -0.338 e. The number of carbonyl (C=O) groups excluding carboxylic acids is 1. The molecule has 2 unspecified atom stereocenters. The monoisotopic (exact) mass is 262 g/mol. The second-order valence-electron chi connectivity index (χ2n) is 6.55. The summed E-state index contributed by atoms with van der Waals surface area (Å²) in [5.74, 6) is 1.47. The van der Waals surface area contributed by atoms with Crippen LogP contribution in [0.15, 0.2) is 0 Å². The molecule has 19 heavy (non-hydrogen) atoms. The second kappa shape index (κ2) is 5.94. The molecular formula is C16H26N2O. The van der Waals surface area contributed by atoms with Crippen LogP contribution in [0, 0.1) is 29.1 Å². The van der Waals surface area contributed by atoms with Crippen LogP contribution in [0.5, 0.6) is 0 Å². The van der Waals surface area contributed by atoms with Gasteiger partial charge in [-0.05, 0) is 50.4 Å². The van der Waals surface area contributed by atoms with E-state index >= 15 is 0 Å². The second-order valence-corrected chi connectivity index (χ2v) is 6.55. The maximum Gasteiger partial charge on any atom is 0.224 e. The van der Waals surface area contributed by atoms with E-state index < -0.39 is 5.54 Å². The van der Waals surface area contributed by atoms with E-state index in [4.69, 9.17) is 0 Å². The Morgan fingerprint density at radius 1 is 1.32 bits per heavy atom. The molecule has 0 radical (unpaired) electrons. The fourth-order valence-electron chi connectivity index (χ4n) is 3.71. The van der Waals surface area contributed by atoms with Gasteiger partial charge >= 0.3 is 0 Å². The van der Waals surface area contributed by atoms with Gasteiger partial charge in [0.15, 0.2) is 0 Å². The molecule has 0 aromatic rings. The summed E-state index contributed by atoms with van der Waals surface area (Å²) in [6, 6.07) is 2.40. The molecule has 0 aromatic carbocycles. The lowest BCUT2D eigenvalue weighted by Crippen LogP contribution is -2.51. The quantitative estimate of drug-likeness (QED) is 0.847. The number of carbonyl (C=O) groups is 1. The summed E-state index contributed by atoms with van der Waals surface area (Å²) in [7, 11) is 0. The van der Waals surface area contributed by atoms with Gasteiger partial charge in [0.25, 0.3) is 0 Å². The minimum absolute atomic E-state index is 0.126. The molecule has 0 spiro atoms. The van der Waals surface area contributed by atoms with E-state index in [1.807, 2.05) is 0 Å². The average Bonchev–Trinajstić information content (AvgIpc) is 2.86. The van der Waals surface area contributed by atoms with Gasteiger partial charge in [-0.25, -0.2) is 0 Å². The molecule has 2 aliphatic rings. The van der Waals surface area contributed by atoms with Gasteiger partial charge < -0.3 is 5.32 Å². The van der Waals surface area contributed by atoms with Crippen molar-refractivity contribution in [3.63, 3.8) is 0 Å². The third kappa shape index (κ3) is 3.11. The number of hydrogen-bond donors (Lipinski definition) is 1. The Hall–Kier alpha value is -1.04. The van der Waals surface area contributed by atoms with Crippen molar-refractivity contribution >= 4 is 5.91 Å². The molecule has 106 valence electrons. The lowest BCUT2D eigenvalue weighted by Gasteiger charge is -2.36. The predicted molar refractivity (Wildman–Crippen MR) is 75.2 cm³/mol. The highest BCUT2D eigenvalue weighted by Crippen LogP contribution is 2.36. The molecule has 2 aliphatic carbocycles. The normalized spacial score (nSPS) is 38.7. The van der Waals surface area contributed by atoms with Gasteiger partial charge in [-0.15, -0.1) is 0 Å². The van der Waals surface area contributed by atoms with E-state index in [1.165, 1.54) is 6.42 Å². The maximum atomic E-state index is 12.4. The molecule has 0 bridgehead atoms. The van der Waals surface area contributed by atoms with E-state index in [9.17, 15) is 10.1 Å². The highest BCUT2D eigenvalue weighted by atomic mass is 16.2. The first kappa shape index (κ1) is 14.4. The molecule has 2 atom stereocenters. The summed E-state index contributed by atoms with van der Waals surface area (Å²) in [5.41, 5.74) is -0.578. The fourth-order valence-corrected chi connectivity index (χ4v) is 3.71. The van der Waals surface area contributed by atoms with Gasteiger partial charge in [-0.2, -0.15) is 5.26 Å². The average molecular weight is 262 g/mol. The molecule has 2 fully saturated rings. The standard InChI is InChI=1S/C16H26N2O/c1-3-13-7-9-16(11-17,10-8-13)18-15(19)14-6-4-5-12(14)2/h12-14H,3-10H2,1-2H3,(H,18,19). The van der Waals surface area contributed by atoms with Gasteiger partial charge in [-0.1, -0.05) is 26.7 Å². The van der Waals surface area contributed by atoms with Crippen molar-refractivity contribution in [3.8, 4) is 6.07 Å². The van der Waals surface area contributed by atoms with Gasteiger partial charge in [-0.3, -0.25) is 4.79 Å². The Morgan fingerprint density at radius 3 is 2.47 bits per heavy atom. The fraction of sp³-hybridized carbons (Fsp3) is 0.875. The zero-order valence-electron chi connectivity index (χ0n) is 12.2. The third-order valence-electron chi connectivity index (χ3n) is 5.31. The van der Waals surface area contributed by atoms with Gasteiger partial charge in [0.1, 0.15) is 5.54 Å². The van der Waals surface area contributed by atoms with Gasteiger partial charge in [0.05, 0.1) is 6.07 Å². The number of amides is 1. The first-order valence-electron chi connectivity index (χ1n) is 7.83. The van der Waals surface area contributed by atoms with Crippen molar-refractivity contribution in [1.82, 2.24) is 5.32 Å². The largest absolute Gasteiger partial charge is 0.338 e. The van der Waals surface area contributed by atoms with E-state index in [-0.39, 0.29) is 11.8 Å². The summed E-state index contributed by atoms with van der Waals surface area (Å²) in [4.78, 5) is 12.4. The highest BCUT2D eigenvalue weighted by molar-refractivity contribution is 5.80. The van der Waals surface area contributed by atoms with Gasteiger partial charge in [0, 0.05) is 5.92 Å². The number of nitrogens with one attached hydrogen (secondary N) is 1. The van der Waals surface area contributed by atoms with Crippen molar-refractivity contribution in [2.24, 2.45) is 17.8 Å². The molecule has 3 nitrogen and oxygen atoms in total. The Bertz CT molecular complexity index is 363. The smallest absolute Gasteiger partial charge is 0.224 e. The van der Waals surface area contributed by atoms with Crippen LogP contribution >= 0.6 is 0 Å². The summed E-state index contributed by atoms with van der Waals surface area (Å²) in [6.45, 7) is 4.37. The molecule has 0 saturated heterocycles. The summed E-state index contributed by atoms with van der Waals surface area (Å²) < 4.78 is 0. The van der Waals surface area contributed by atoms with E-state index in [0.29, 0.717) is 5.92 Å². The van der Waals surface area contributed by atoms with Crippen LogP contribution in [0.2, 0.25) is 0 Å². The Kier molecular flexibility index (Phi) is 4.50. The SMILES string of the molecule is CCC1CCC(C#N)(NC(=O)C2CCCC2C)CC1. The predicted octanol–water partition coefficient (Wildman–Crippen LogP) is 3.40. The van der Waals surface area contributed by atoms with Gasteiger partial charge in [0.2, 0.25) is 5.91 Å². The highest BCUT2D eigenvalue weighted by Gasteiger charge is 2.39. The summed E-state index contributed by atoms with van der Waals surface area (Å²) >= 11 is 0. The van der Waals surface area contributed by atoms with Crippen LogP contribution in [-0.4, -0.2) is 11.4 Å². The number of rotatable bonds is 3. The number of nitriles is 1. The Morgan fingerprint density at radius 2 is 2.00 bits per heavy atom. The molecule has 0 heterocycles. The lowest BCUT2D eigenvalue weighted by molar-refractivity contribution is -0.127. The van der Waals surface area contributed by atoms with E-state index in [1.54, 1.807) is 0 Å². The zero-order valence-corrected chi connectivity index (χ0v) is 12.2. The van der Waals surface area contributed by atoms with Crippen molar-refractivity contribution < 1.29 is 4.79 Å². The molecule has 2 saturated carbocycles. The first-order chi connectivity index (χ1) is 9.10. The van der Waals surface area contributed by atoms with Crippen molar-refractivity contribution in [3.05, 3.63) is 0 Å². The first-order valence-corrected chi connectivity index (χ1v) is 7.83. The molecule has 1 N–H and O–H groups in total. The summed E-state index contributed by atoms with van der Waals surface area (Å²) in [6.07, 6.45) is 8.28. The molecule has 0 aromatic heterocycles. The maximum absolute atomic E-state index is 12.4. The van der Waals surface area contributed by atoms with Crippen LogP contribution in [0.25, 0.3) is 0 Å². The Balaban J connectivity index is 1.96. The molecule has 3 heteroatoms. The lowest BCUT2D eigenvalue weighted by atomic mass is 9.76. The van der Waals surface area contributed by atoms with E-state index in [0.717, 1.165) is 50.9 Å². The Labute approximate surface area is 116 Å². The van der Waals surface area contributed by atoms with Crippen molar-refractivity contribution in [2.75, 3.05) is 0 Å². The van der Waals surface area contributed by atoms with Crippen molar-refractivity contribution in [1.29, 1.82) is 5.26 Å². The van der Waals surface area contributed by atoms with Crippen LogP contribution in [0.3, 0.4) is 0 Å². The number of hydrogen-bond acceptors (Lipinski definition) is 2. The zero-order chi connectivity index (χ0) is 13.9.